The van der Waals surface area contributed by atoms with E-state index < -0.39 is 0 Å². The standard InChI is InChI=1S/C12H13N5O2S/c13-1-3-19-10-5-11(18)17(14-6-10)8-9-7-16-2-4-20-12(16)15-9/h2,4-7H,1,3,8,13H2. The number of fused-ring (bicyclic) bond motifs is 1. The average molecular weight is 291 g/mol. The van der Waals surface area contributed by atoms with Crippen molar-refractivity contribution in [1.82, 2.24) is 19.2 Å². The van der Waals surface area contributed by atoms with E-state index in [0.29, 0.717) is 25.4 Å². The van der Waals surface area contributed by atoms with Crippen LogP contribution in [0.2, 0.25) is 0 Å². The summed E-state index contributed by atoms with van der Waals surface area (Å²) in [6.45, 7) is 1.10. The second-order valence-corrected chi connectivity index (χ2v) is 5.02. The van der Waals surface area contributed by atoms with Crippen molar-refractivity contribution >= 4 is 16.3 Å². The number of rotatable bonds is 5. The highest BCUT2D eigenvalue weighted by Crippen LogP contribution is 2.11. The first-order valence-electron chi connectivity index (χ1n) is 6.07. The number of hydrogen-bond acceptors (Lipinski definition) is 6. The fourth-order valence-corrected chi connectivity index (χ4v) is 2.52. The molecule has 104 valence electrons. The molecular formula is C12H13N5O2S. The molecule has 0 unspecified atom stereocenters. The van der Waals surface area contributed by atoms with Crippen LogP contribution < -0.4 is 16.0 Å². The Morgan fingerprint density at radius 1 is 1.45 bits per heavy atom. The minimum atomic E-state index is -0.226. The minimum Gasteiger partial charge on any atom is -0.490 e. The summed E-state index contributed by atoms with van der Waals surface area (Å²) in [5.74, 6) is 0.433. The molecule has 0 atom stereocenters. The summed E-state index contributed by atoms with van der Waals surface area (Å²) >= 11 is 1.55. The zero-order valence-electron chi connectivity index (χ0n) is 10.6. The molecule has 0 aliphatic heterocycles. The van der Waals surface area contributed by atoms with Gasteiger partial charge in [0.25, 0.3) is 5.56 Å². The normalized spacial score (nSPS) is 11.1. The molecule has 0 bridgehead atoms. The highest BCUT2D eigenvalue weighted by molar-refractivity contribution is 7.15. The van der Waals surface area contributed by atoms with E-state index in [1.54, 1.807) is 11.3 Å². The van der Waals surface area contributed by atoms with Gasteiger partial charge < -0.3 is 10.5 Å². The zero-order chi connectivity index (χ0) is 13.9. The monoisotopic (exact) mass is 291 g/mol. The Labute approximate surface area is 118 Å². The van der Waals surface area contributed by atoms with Gasteiger partial charge in [0, 0.05) is 30.4 Å². The van der Waals surface area contributed by atoms with Gasteiger partial charge in [-0.15, -0.1) is 11.3 Å². The Morgan fingerprint density at radius 3 is 3.10 bits per heavy atom. The molecule has 0 aliphatic rings. The third-order valence-corrected chi connectivity index (χ3v) is 3.46. The van der Waals surface area contributed by atoms with Crippen molar-refractivity contribution in [3.05, 3.63) is 46.1 Å². The molecule has 8 heteroatoms. The predicted molar refractivity (Wildman–Crippen MR) is 75.2 cm³/mol. The lowest BCUT2D eigenvalue weighted by atomic mass is 10.4. The van der Waals surface area contributed by atoms with Crippen molar-refractivity contribution in [2.45, 2.75) is 6.54 Å². The summed E-state index contributed by atoms with van der Waals surface area (Å²) in [5, 5.41) is 6.03. The molecule has 3 rings (SSSR count). The average Bonchev–Trinajstić information content (AvgIpc) is 3.00. The van der Waals surface area contributed by atoms with Gasteiger partial charge in [-0.2, -0.15) is 5.10 Å². The summed E-state index contributed by atoms with van der Waals surface area (Å²) in [7, 11) is 0. The Morgan fingerprint density at radius 2 is 2.35 bits per heavy atom. The van der Waals surface area contributed by atoms with Crippen LogP contribution in [-0.4, -0.2) is 32.3 Å². The lowest BCUT2D eigenvalue weighted by Crippen LogP contribution is -2.23. The van der Waals surface area contributed by atoms with E-state index in [0.717, 1.165) is 10.7 Å². The molecule has 0 saturated heterocycles. The third-order valence-electron chi connectivity index (χ3n) is 2.69. The molecule has 0 amide bonds. The van der Waals surface area contributed by atoms with Gasteiger partial charge in [0.05, 0.1) is 18.4 Å². The highest BCUT2D eigenvalue weighted by Gasteiger charge is 2.06. The van der Waals surface area contributed by atoms with E-state index in [4.69, 9.17) is 10.5 Å². The zero-order valence-corrected chi connectivity index (χ0v) is 11.4. The van der Waals surface area contributed by atoms with Crippen LogP contribution in [-0.2, 0) is 6.54 Å². The Hall–Kier alpha value is -2.19. The van der Waals surface area contributed by atoms with Crippen LogP contribution in [0, 0.1) is 0 Å². The minimum absolute atomic E-state index is 0.226. The maximum atomic E-state index is 11.9. The SMILES string of the molecule is NCCOc1cnn(Cc2cn3ccsc3n2)c(=O)c1. The van der Waals surface area contributed by atoms with Crippen LogP contribution >= 0.6 is 11.3 Å². The Kier molecular flexibility index (Phi) is 3.48. The highest BCUT2D eigenvalue weighted by atomic mass is 32.1. The van der Waals surface area contributed by atoms with Gasteiger partial charge in [0.15, 0.2) is 4.96 Å². The predicted octanol–water partition coefficient (Wildman–Crippen LogP) is 0.338. The first-order chi connectivity index (χ1) is 9.76. The lowest BCUT2D eigenvalue weighted by molar-refractivity contribution is 0.324. The first-order valence-corrected chi connectivity index (χ1v) is 6.95. The van der Waals surface area contributed by atoms with Gasteiger partial charge >= 0.3 is 0 Å². The Bertz CT molecular complexity index is 747. The molecule has 20 heavy (non-hydrogen) atoms. The van der Waals surface area contributed by atoms with Crippen LogP contribution in [0.4, 0.5) is 0 Å². The van der Waals surface area contributed by atoms with Crippen LogP contribution in [0.25, 0.3) is 4.96 Å². The second-order valence-electron chi connectivity index (χ2n) is 4.15. The Balaban J connectivity index is 1.80. The van der Waals surface area contributed by atoms with Gasteiger partial charge in [-0.3, -0.25) is 9.20 Å². The van der Waals surface area contributed by atoms with E-state index in [9.17, 15) is 4.79 Å². The molecule has 0 aliphatic carbocycles. The first kappa shape index (κ1) is 12.8. The maximum absolute atomic E-state index is 11.9. The van der Waals surface area contributed by atoms with Crippen molar-refractivity contribution < 1.29 is 4.74 Å². The molecule has 7 nitrogen and oxygen atoms in total. The van der Waals surface area contributed by atoms with Crippen LogP contribution in [0.5, 0.6) is 5.75 Å². The summed E-state index contributed by atoms with van der Waals surface area (Å²) < 4.78 is 8.53. The second kappa shape index (κ2) is 5.43. The molecule has 2 N–H and O–H groups in total. The molecule has 0 radical (unpaired) electrons. The largest absolute Gasteiger partial charge is 0.490 e. The number of nitrogens with two attached hydrogens (primary N) is 1. The van der Waals surface area contributed by atoms with E-state index in [1.807, 2.05) is 22.2 Å². The van der Waals surface area contributed by atoms with E-state index in [1.165, 1.54) is 16.9 Å². The molecule has 0 fully saturated rings. The van der Waals surface area contributed by atoms with Crippen molar-refractivity contribution in [1.29, 1.82) is 0 Å². The molecule has 0 aromatic carbocycles. The van der Waals surface area contributed by atoms with Crippen molar-refractivity contribution in [3.8, 4) is 5.75 Å². The van der Waals surface area contributed by atoms with Crippen LogP contribution in [0.1, 0.15) is 5.69 Å². The van der Waals surface area contributed by atoms with E-state index in [-0.39, 0.29) is 5.56 Å². The van der Waals surface area contributed by atoms with Gasteiger partial charge in [0.1, 0.15) is 12.4 Å². The molecule has 3 heterocycles. The van der Waals surface area contributed by atoms with Crippen LogP contribution in [0.15, 0.2) is 34.8 Å². The van der Waals surface area contributed by atoms with Gasteiger partial charge in [-0.25, -0.2) is 9.67 Å². The van der Waals surface area contributed by atoms with Crippen molar-refractivity contribution in [2.24, 2.45) is 5.73 Å². The fraction of sp³-hybridized carbons (Fsp3) is 0.250. The number of nitrogens with zero attached hydrogens (tertiary/aromatic N) is 4. The topological polar surface area (TPSA) is 87.4 Å². The molecule has 0 spiro atoms. The van der Waals surface area contributed by atoms with Gasteiger partial charge in [0.2, 0.25) is 0 Å². The van der Waals surface area contributed by atoms with Crippen molar-refractivity contribution in [3.63, 3.8) is 0 Å². The number of aromatic nitrogens is 4. The summed E-state index contributed by atoms with van der Waals surface area (Å²) in [4.78, 5) is 17.2. The summed E-state index contributed by atoms with van der Waals surface area (Å²) in [6.07, 6.45) is 5.32. The van der Waals surface area contributed by atoms with E-state index in [2.05, 4.69) is 10.1 Å². The molecule has 0 saturated carbocycles. The number of thiazole rings is 1. The number of ether oxygens (including phenoxy) is 1. The lowest BCUT2D eigenvalue weighted by Gasteiger charge is -2.05. The summed E-state index contributed by atoms with van der Waals surface area (Å²) in [6, 6.07) is 1.40. The molecular weight excluding hydrogens is 278 g/mol. The van der Waals surface area contributed by atoms with E-state index >= 15 is 0 Å². The van der Waals surface area contributed by atoms with Crippen LogP contribution in [0.3, 0.4) is 0 Å². The van der Waals surface area contributed by atoms with Gasteiger partial charge in [-0.05, 0) is 0 Å². The smallest absolute Gasteiger partial charge is 0.270 e. The fourth-order valence-electron chi connectivity index (χ4n) is 1.80. The molecule has 3 aromatic rings. The number of imidazole rings is 1. The quantitative estimate of drug-likeness (QED) is 0.732. The summed E-state index contributed by atoms with van der Waals surface area (Å²) in [5.41, 5.74) is 5.90. The molecule has 3 aromatic heterocycles. The maximum Gasteiger partial charge on any atom is 0.270 e. The van der Waals surface area contributed by atoms with Crippen molar-refractivity contribution in [2.75, 3.05) is 13.2 Å². The number of hydrogen-bond donors (Lipinski definition) is 1. The van der Waals surface area contributed by atoms with Gasteiger partial charge in [-0.1, -0.05) is 0 Å². The third kappa shape index (κ3) is 2.56.